The fraction of sp³-hybridized carbons (Fsp3) is 0.105. The van der Waals surface area contributed by atoms with Crippen LogP contribution >= 0.6 is 46.1 Å². The minimum Gasteiger partial charge on any atom is -0.493 e. The first-order valence-electron chi connectivity index (χ1n) is 8.06. The van der Waals surface area contributed by atoms with E-state index in [1.807, 2.05) is 41.8 Å². The van der Waals surface area contributed by atoms with Crippen LogP contribution in [-0.4, -0.2) is 30.2 Å². The van der Waals surface area contributed by atoms with E-state index in [2.05, 4.69) is 38.2 Å². The van der Waals surface area contributed by atoms with Crippen LogP contribution in [0.1, 0.15) is 10.4 Å². The maximum Gasteiger partial charge on any atom is 0.258 e. The molecule has 1 amide bonds. The Bertz CT molecular complexity index is 1020. The quantitative estimate of drug-likeness (QED) is 0.376. The van der Waals surface area contributed by atoms with Gasteiger partial charge in [-0.3, -0.25) is 10.1 Å². The minimum absolute atomic E-state index is 0.192. The number of amides is 1. The largest absolute Gasteiger partial charge is 0.493 e. The van der Waals surface area contributed by atoms with Crippen molar-refractivity contribution in [3.8, 4) is 22.8 Å². The maximum absolute atomic E-state index is 12.3. The van der Waals surface area contributed by atoms with Gasteiger partial charge in [0.1, 0.15) is 0 Å². The molecule has 0 saturated heterocycles. The maximum atomic E-state index is 12.3. The predicted molar refractivity (Wildman–Crippen MR) is 123 cm³/mol. The van der Waals surface area contributed by atoms with E-state index in [0.29, 0.717) is 22.2 Å². The first-order valence-corrected chi connectivity index (χ1v) is 10.4. The zero-order valence-corrected chi connectivity index (χ0v) is 18.8. The molecule has 0 aliphatic carbocycles. The number of ether oxygens (including phenoxy) is 2. The van der Waals surface area contributed by atoms with Crippen LogP contribution in [0.4, 0.5) is 5.13 Å². The van der Waals surface area contributed by atoms with Crippen LogP contribution in [0, 0.1) is 3.57 Å². The second kappa shape index (κ2) is 9.30. The van der Waals surface area contributed by atoms with E-state index < -0.39 is 0 Å². The molecule has 3 rings (SSSR count). The van der Waals surface area contributed by atoms with Gasteiger partial charge in [0.2, 0.25) is 0 Å². The number of carbonyl (C=O) groups excluding carboxylic acids is 1. The molecule has 2 aromatic carbocycles. The Labute approximate surface area is 185 Å². The molecular weight excluding hydrogens is 509 g/mol. The second-order valence-electron chi connectivity index (χ2n) is 5.50. The molecule has 0 saturated carbocycles. The second-order valence-corrected chi connectivity index (χ2v) is 7.92. The van der Waals surface area contributed by atoms with Gasteiger partial charge in [-0.05, 0) is 65.1 Å². The number of nitrogens with zero attached hydrogens (tertiary/aromatic N) is 1. The fourth-order valence-electron chi connectivity index (χ4n) is 2.40. The highest BCUT2D eigenvalue weighted by atomic mass is 127. The van der Waals surface area contributed by atoms with Crippen LogP contribution in [0.5, 0.6) is 11.5 Å². The van der Waals surface area contributed by atoms with Gasteiger partial charge in [0.25, 0.3) is 5.91 Å². The van der Waals surface area contributed by atoms with E-state index >= 15 is 0 Å². The van der Waals surface area contributed by atoms with Crippen molar-refractivity contribution in [2.45, 2.75) is 0 Å². The molecule has 0 fully saturated rings. The average molecular weight is 525 g/mol. The topological polar surface area (TPSA) is 72.5 Å². The number of methoxy groups -OCH3 is 2. The molecule has 0 bridgehead atoms. The van der Waals surface area contributed by atoms with E-state index in [0.717, 1.165) is 14.8 Å². The molecule has 1 aromatic heterocycles. The van der Waals surface area contributed by atoms with Gasteiger partial charge in [0.05, 0.1) is 25.5 Å². The number of halogens is 1. The molecule has 0 radical (unpaired) electrons. The van der Waals surface area contributed by atoms with Gasteiger partial charge >= 0.3 is 0 Å². The van der Waals surface area contributed by atoms with Gasteiger partial charge in [0.15, 0.2) is 21.7 Å². The molecule has 0 aliphatic rings. The monoisotopic (exact) mass is 525 g/mol. The third kappa shape index (κ3) is 4.78. The molecule has 0 atom stereocenters. The van der Waals surface area contributed by atoms with Crippen molar-refractivity contribution in [2.75, 3.05) is 19.5 Å². The Kier molecular flexibility index (Phi) is 6.81. The van der Waals surface area contributed by atoms with Crippen molar-refractivity contribution in [2.24, 2.45) is 0 Å². The summed E-state index contributed by atoms with van der Waals surface area (Å²) in [5.74, 6) is 1.01. The zero-order valence-electron chi connectivity index (χ0n) is 15.0. The predicted octanol–water partition coefficient (Wildman–Crippen LogP) is 4.56. The third-order valence-corrected chi connectivity index (χ3v) is 5.65. The highest BCUT2D eigenvalue weighted by Crippen LogP contribution is 2.33. The number of carbonyl (C=O) groups is 1. The van der Waals surface area contributed by atoms with Crippen molar-refractivity contribution in [3.05, 3.63) is 57.0 Å². The summed E-state index contributed by atoms with van der Waals surface area (Å²) in [6.45, 7) is 0. The van der Waals surface area contributed by atoms with Crippen molar-refractivity contribution in [1.29, 1.82) is 0 Å². The Morgan fingerprint density at radius 1 is 1.14 bits per heavy atom. The van der Waals surface area contributed by atoms with E-state index in [1.165, 1.54) is 11.3 Å². The van der Waals surface area contributed by atoms with Crippen LogP contribution in [0.3, 0.4) is 0 Å². The van der Waals surface area contributed by atoms with Crippen LogP contribution < -0.4 is 20.1 Å². The van der Waals surface area contributed by atoms with Crippen LogP contribution in [0.25, 0.3) is 11.3 Å². The van der Waals surface area contributed by atoms with Gasteiger partial charge in [-0.15, -0.1) is 11.3 Å². The highest BCUT2D eigenvalue weighted by Gasteiger charge is 2.13. The summed E-state index contributed by atoms with van der Waals surface area (Å²) >= 11 is 8.74. The van der Waals surface area contributed by atoms with Crippen LogP contribution in [0.2, 0.25) is 0 Å². The van der Waals surface area contributed by atoms with Gasteiger partial charge in [-0.2, -0.15) is 0 Å². The van der Waals surface area contributed by atoms with E-state index in [4.69, 9.17) is 21.7 Å². The summed E-state index contributed by atoms with van der Waals surface area (Å²) in [6, 6.07) is 12.9. The number of hydrogen-bond acceptors (Lipinski definition) is 6. The van der Waals surface area contributed by atoms with Gasteiger partial charge in [-0.25, -0.2) is 4.98 Å². The summed E-state index contributed by atoms with van der Waals surface area (Å²) in [4.78, 5) is 16.9. The summed E-state index contributed by atoms with van der Waals surface area (Å²) in [6.07, 6.45) is 0. The van der Waals surface area contributed by atoms with Gasteiger partial charge in [0, 0.05) is 14.5 Å². The molecule has 1 heterocycles. The molecule has 3 aromatic rings. The Balaban J connectivity index is 1.68. The summed E-state index contributed by atoms with van der Waals surface area (Å²) in [5.41, 5.74) is 2.22. The number of anilines is 1. The van der Waals surface area contributed by atoms with Crippen molar-refractivity contribution >= 4 is 62.3 Å². The summed E-state index contributed by atoms with van der Waals surface area (Å²) in [5, 5.41) is 8.30. The molecule has 0 spiro atoms. The lowest BCUT2D eigenvalue weighted by atomic mass is 10.1. The average Bonchev–Trinajstić information content (AvgIpc) is 3.15. The lowest BCUT2D eigenvalue weighted by Gasteiger charge is -2.09. The van der Waals surface area contributed by atoms with E-state index in [9.17, 15) is 4.79 Å². The van der Waals surface area contributed by atoms with Crippen LogP contribution in [-0.2, 0) is 0 Å². The minimum atomic E-state index is -0.265. The zero-order chi connectivity index (χ0) is 20.1. The Morgan fingerprint density at radius 3 is 2.61 bits per heavy atom. The van der Waals surface area contributed by atoms with Crippen molar-refractivity contribution in [3.63, 3.8) is 0 Å². The number of aromatic nitrogens is 1. The third-order valence-electron chi connectivity index (χ3n) is 3.75. The normalized spacial score (nSPS) is 10.2. The molecule has 2 N–H and O–H groups in total. The Morgan fingerprint density at radius 2 is 1.89 bits per heavy atom. The number of hydrogen-bond donors (Lipinski definition) is 2. The lowest BCUT2D eigenvalue weighted by Crippen LogP contribution is -2.34. The molecule has 28 heavy (non-hydrogen) atoms. The number of thiocarbonyl (C=S) groups is 1. The number of benzene rings is 2. The lowest BCUT2D eigenvalue weighted by molar-refractivity contribution is 0.0977. The highest BCUT2D eigenvalue weighted by molar-refractivity contribution is 14.1. The van der Waals surface area contributed by atoms with Gasteiger partial charge in [-0.1, -0.05) is 12.1 Å². The standard InChI is InChI=1S/C19H16IN3O3S2/c1-25-15-8-7-11(9-16(15)26-2)14-10-28-19(21-14)23-18(27)22-17(24)12-5-3-4-6-13(12)20/h3-10H,1-2H3,(H2,21,22,23,24,27). The molecule has 0 aliphatic heterocycles. The summed E-state index contributed by atoms with van der Waals surface area (Å²) < 4.78 is 11.4. The van der Waals surface area contributed by atoms with E-state index in [-0.39, 0.29) is 11.0 Å². The van der Waals surface area contributed by atoms with Crippen molar-refractivity contribution < 1.29 is 14.3 Å². The molecule has 9 heteroatoms. The molecular formula is C19H16IN3O3S2. The first-order chi connectivity index (χ1) is 13.5. The fourth-order valence-corrected chi connectivity index (χ4v) is 4.01. The number of rotatable bonds is 5. The smallest absolute Gasteiger partial charge is 0.258 e. The SMILES string of the molecule is COc1ccc(-c2csc(NC(=S)NC(=O)c3ccccc3I)n2)cc1OC. The van der Waals surface area contributed by atoms with Gasteiger partial charge < -0.3 is 14.8 Å². The number of nitrogens with one attached hydrogen (secondary N) is 2. The summed E-state index contributed by atoms with van der Waals surface area (Å²) in [7, 11) is 3.18. The first kappa shape index (κ1) is 20.5. The van der Waals surface area contributed by atoms with Crippen LogP contribution in [0.15, 0.2) is 47.8 Å². The molecule has 144 valence electrons. The Hall–Kier alpha value is -2.24. The molecule has 0 unspecified atom stereocenters. The number of thiazole rings is 1. The van der Waals surface area contributed by atoms with Crippen molar-refractivity contribution in [1.82, 2.24) is 10.3 Å². The van der Waals surface area contributed by atoms with E-state index in [1.54, 1.807) is 20.3 Å². The molecule has 6 nitrogen and oxygen atoms in total.